The van der Waals surface area contributed by atoms with Crippen LogP contribution in [0.15, 0.2) is 0 Å². The minimum Gasteiger partial charge on any atom is -0.342 e. The fourth-order valence-corrected chi connectivity index (χ4v) is 2.13. The largest absolute Gasteiger partial charge is 0.342 e. The molecule has 1 fully saturated rings. The predicted molar refractivity (Wildman–Crippen MR) is 67.3 cm³/mol. The highest BCUT2D eigenvalue weighted by atomic mass is 16.7. The van der Waals surface area contributed by atoms with Crippen molar-refractivity contribution in [3.63, 3.8) is 0 Å². The Labute approximate surface area is 108 Å². The molecule has 1 heterocycles. The number of carbonyl (C=O) groups is 2. The lowest BCUT2D eigenvalue weighted by molar-refractivity contribution is -0.128. The first-order valence-electron chi connectivity index (χ1n) is 6.58. The zero-order valence-electron chi connectivity index (χ0n) is 10.9. The molecule has 0 aromatic rings. The van der Waals surface area contributed by atoms with Gasteiger partial charge in [0.05, 0.1) is 0 Å². The van der Waals surface area contributed by atoms with Crippen LogP contribution in [-0.4, -0.2) is 31.0 Å². The summed E-state index contributed by atoms with van der Waals surface area (Å²) in [4.78, 5) is 27.6. The van der Waals surface area contributed by atoms with Gasteiger partial charge in [0.1, 0.15) is 12.6 Å². The van der Waals surface area contributed by atoms with Crippen LogP contribution < -0.4 is 16.5 Å². The zero-order chi connectivity index (χ0) is 13.4. The number of hydrogen-bond acceptors (Lipinski definition) is 4. The second-order valence-corrected chi connectivity index (χ2v) is 4.67. The quantitative estimate of drug-likeness (QED) is 0.574. The molecular weight excluding hydrogens is 234 g/mol. The van der Waals surface area contributed by atoms with Crippen molar-refractivity contribution in [3.8, 4) is 0 Å². The van der Waals surface area contributed by atoms with Crippen molar-refractivity contribution >= 4 is 11.8 Å². The van der Waals surface area contributed by atoms with Gasteiger partial charge in [-0.05, 0) is 25.3 Å². The fourth-order valence-electron chi connectivity index (χ4n) is 2.13. The Kier molecular flexibility index (Phi) is 6.67. The van der Waals surface area contributed by atoms with Crippen LogP contribution in [0.4, 0.5) is 0 Å². The van der Waals surface area contributed by atoms with Crippen molar-refractivity contribution in [1.82, 2.24) is 10.8 Å². The third-order valence-electron chi connectivity index (χ3n) is 3.13. The Morgan fingerprint density at radius 1 is 1.56 bits per heavy atom. The molecule has 18 heavy (non-hydrogen) atoms. The molecule has 0 bridgehead atoms. The Hall–Kier alpha value is -1.14. The first kappa shape index (κ1) is 14.9. The van der Waals surface area contributed by atoms with Gasteiger partial charge in [0.2, 0.25) is 5.91 Å². The molecule has 0 radical (unpaired) electrons. The van der Waals surface area contributed by atoms with Gasteiger partial charge in [-0.2, -0.15) is 0 Å². The second kappa shape index (κ2) is 8.05. The summed E-state index contributed by atoms with van der Waals surface area (Å²) >= 11 is 0. The molecule has 6 nitrogen and oxygen atoms in total. The number of hydroxylamine groups is 1. The van der Waals surface area contributed by atoms with E-state index in [1.54, 1.807) is 0 Å². The predicted octanol–water partition coefficient (Wildman–Crippen LogP) is 0.0779. The van der Waals surface area contributed by atoms with Gasteiger partial charge >= 0.3 is 0 Å². The number of hydrogen-bond donors (Lipinski definition) is 3. The van der Waals surface area contributed by atoms with Gasteiger partial charge in [-0.3, -0.25) is 14.4 Å². The number of nitrogens with two attached hydrogens (primary N) is 1. The highest BCUT2D eigenvalue weighted by molar-refractivity contribution is 5.88. The molecule has 4 N–H and O–H groups in total. The van der Waals surface area contributed by atoms with Crippen molar-refractivity contribution in [2.75, 3.05) is 13.2 Å². The summed E-state index contributed by atoms with van der Waals surface area (Å²) in [6.45, 7) is 2.99. The molecule has 2 atom stereocenters. The number of amides is 2. The SMILES string of the molecule is CCCC(CCN)CCC(=O)N[C@@H]1CONC1=O. The molecule has 1 unspecified atom stereocenters. The van der Waals surface area contributed by atoms with Crippen molar-refractivity contribution in [2.24, 2.45) is 11.7 Å². The van der Waals surface area contributed by atoms with Crippen LogP contribution >= 0.6 is 0 Å². The second-order valence-electron chi connectivity index (χ2n) is 4.67. The number of rotatable bonds is 8. The van der Waals surface area contributed by atoms with Crippen LogP contribution in [0, 0.1) is 5.92 Å². The molecule has 0 saturated carbocycles. The molecule has 1 aliphatic rings. The molecule has 0 aromatic carbocycles. The maximum Gasteiger partial charge on any atom is 0.268 e. The van der Waals surface area contributed by atoms with Gasteiger partial charge in [-0.25, -0.2) is 5.48 Å². The van der Waals surface area contributed by atoms with E-state index < -0.39 is 6.04 Å². The van der Waals surface area contributed by atoms with E-state index in [1.807, 2.05) is 0 Å². The summed E-state index contributed by atoms with van der Waals surface area (Å²) in [5.74, 6) is 0.119. The van der Waals surface area contributed by atoms with E-state index in [2.05, 4.69) is 17.7 Å². The van der Waals surface area contributed by atoms with Crippen molar-refractivity contribution in [3.05, 3.63) is 0 Å². The highest BCUT2D eigenvalue weighted by Crippen LogP contribution is 2.16. The third kappa shape index (κ3) is 5.01. The molecule has 0 spiro atoms. The summed E-state index contributed by atoms with van der Waals surface area (Å²) in [5.41, 5.74) is 7.76. The Bertz CT molecular complexity index is 278. The maximum absolute atomic E-state index is 11.7. The summed E-state index contributed by atoms with van der Waals surface area (Å²) in [5, 5.41) is 2.66. The zero-order valence-corrected chi connectivity index (χ0v) is 10.9. The van der Waals surface area contributed by atoms with Crippen molar-refractivity contribution < 1.29 is 14.4 Å². The van der Waals surface area contributed by atoms with E-state index >= 15 is 0 Å². The smallest absolute Gasteiger partial charge is 0.268 e. The molecule has 0 aliphatic carbocycles. The van der Waals surface area contributed by atoms with Gasteiger partial charge in [-0.1, -0.05) is 19.8 Å². The number of carbonyl (C=O) groups excluding carboxylic acids is 2. The molecule has 1 saturated heterocycles. The van der Waals surface area contributed by atoms with Gasteiger partial charge in [0.25, 0.3) is 5.91 Å². The van der Waals surface area contributed by atoms with Crippen LogP contribution in [0.3, 0.4) is 0 Å². The average molecular weight is 257 g/mol. The Morgan fingerprint density at radius 3 is 2.89 bits per heavy atom. The van der Waals surface area contributed by atoms with Crippen LogP contribution in [0.5, 0.6) is 0 Å². The van der Waals surface area contributed by atoms with E-state index in [1.165, 1.54) is 0 Å². The standard InChI is InChI=1S/C12H23N3O3/c1-2-3-9(6-7-13)4-5-11(16)14-10-8-18-15-12(10)17/h9-10H,2-8,13H2,1H3,(H,14,16)(H,15,17)/t9?,10-/m1/s1. The number of nitrogens with one attached hydrogen (secondary N) is 2. The molecule has 0 aromatic heterocycles. The lowest BCUT2D eigenvalue weighted by Crippen LogP contribution is -2.41. The first-order chi connectivity index (χ1) is 8.67. The fraction of sp³-hybridized carbons (Fsp3) is 0.833. The van der Waals surface area contributed by atoms with Gasteiger partial charge in [0.15, 0.2) is 0 Å². The van der Waals surface area contributed by atoms with E-state index in [9.17, 15) is 9.59 Å². The summed E-state index contributed by atoms with van der Waals surface area (Å²) in [7, 11) is 0. The van der Waals surface area contributed by atoms with Crippen LogP contribution in [0.1, 0.15) is 39.0 Å². The topological polar surface area (TPSA) is 93.5 Å². The van der Waals surface area contributed by atoms with E-state index in [4.69, 9.17) is 10.6 Å². The monoisotopic (exact) mass is 257 g/mol. The lowest BCUT2D eigenvalue weighted by Gasteiger charge is -2.15. The van der Waals surface area contributed by atoms with E-state index in [-0.39, 0.29) is 18.4 Å². The van der Waals surface area contributed by atoms with Crippen LogP contribution in [0.25, 0.3) is 0 Å². The Balaban J connectivity index is 2.24. The lowest BCUT2D eigenvalue weighted by atomic mass is 9.94. The van der Waals surface area contributed by atoms with Crippen molar-refractivity contribution in [2.45, 2.75) is 45.1 Å². The van der Waals surface area contributed by atoms with E-state index in [0.29, 0.717) is 18.9 Å². The minimum absolute atomic E-state index is 0.0984. The van der Waals surface area contributed by atoms with Gasteiger partial charge in [0, 0.05) is 6.42 Å². The van der Waals surface area contributed by atoms with Crippen LogP contribution in [0.2, 0.25) is 0 Å². The third-order valence-corrected chi connectivity index (χ3v) is 3.13. The van der Waals surface area contributed by atoms with Gasteiger partial charge < -0.3 is 11.1 Å². The van der Waals surface area contributed by atoms with E-state index in [0.717, 1.165) is 25.7 Å². The molecule has 2 amide bonds. The maximum atomic E-state index is 11.7. The summed E-state index contributed by atoms with van der Waals surface area (Å²) < 4.78 is 0. The summed E-state index contributed by atoms with van der Waals surface area (Å²) in [6, 6.07) is -0.545. The molecule has 1 rings (SSSR count). The molecular formula is C12H23N3O3. The average Bonchev–Trinajstić information content (AvgIpc) is 2.73. The minimum atomic E-state index is -0.545. The van der Waals surface area contributed by atoms with Gasteiger partial charge in [-0.15, -0.1) is 0 Å². The molecule has 1 aliphatic heterocycles. The highest BCUT2D eigenvalue weighted by Gasteiger charge is 2.26. The molecule has 6 heteroatoms. The Morgan fingerprint density at radius 2 is 2.33 bits per heavy atom. The first-order valence-corrected chi connectivity index (χ1v) is 6.58. The molecule has 104 valence electrons. The van der Waals surface area contributed by atoms with Crippen molar-refractivity contribution in [1.29, 1.82) is 0 Å². The van der Waals surface area contributed by atoms with Crippen LogP contribution in [-0.2, 0) is 14.4 Å². The normalized spacial score (nSPS) is 20.6. The summed E-state index contributed by atoms with van der Waals surface area (Å²) in [6.07, 6.45) is 4.41.